The van der Waals surface area contributed by atoms with Crippen molar-refractivity contribution in [2.24, 2.45) is 16.7 Å². The lowest BCUT2D eigenvalue weighted by Crippen LogP contribution is -2.69. The molecule has 8 nitrogen and oxygen atoms in total. The van der Waals surface area contributed by atoms with Crippen LogP contribution in [-0.4, -0.2) is 67.3 Å². The molecule has 5 aliphatic rings. The number of nitrogens with one attached hydrogen (secondary N) is 1. The standard InChI is InChI=1S/C25H30F2N6O2/c26-17-6-18(27)19(28-10-17)5-15-1-2-23(7-15)11-32(12-23)22(34)33-13-24(14-33)8-16(9-24)20-29-21(31-30-20)25(35)3-4-25/h6,10,15-16,35H,1-5,7-9,11-14H2,(H,29,30,31). The SMILES string of the molecule is O=C(N1CC2(CCC(Cc3ncc(F)cc3F)C2)C1)N1CC2(CC(c3nc(C4(O)CC4)n[nH]3)C2)C1. The molecule has 0 aromatic carbocycles. The molecule has 3 aliphatic carbocycles. The normalized spacial score (nSPS) is 27.6. The van der Waals surface area contributed by atoms with E-state index in [0.29, 0.717) is 29.8 Å². The van der Waals surface area contributed by atoms with Crippen LogP contribution in [0.4, 0.5) is 13.6 Å². The van der Waals surface area contributed by atoms with Gasteiger partial charge in [0.05, 0.1) is 11.9 Å². The van der Waals surface area contributed by atoms with Gasteiger partial charge in [-0.2, -0.15) is 5.10 Å². The number of amides is 2. The largest absolute Gasteiger partial charge is 0.382 e. The molecule has 35 heavy (non-hydrogen) atoms. The van der Waals surface area contributed by atoms with Gasteiger partial charge in [-0.3, -0.25) is 10.1 Å². The Kier molecular flexibility index (Phi) is 4.46. The van der Waals surface area contributed by atoms with Gasteiger partial charge in [-0.1, -0.05) is 0 Å². The van der Waals surface area contributed by atoms with E-state index in [-0.39, 0.29) is 16.9 Å². The van der Waals surface area contributed by atoms with Crippen LogP contribution in [0.1, 0.15) is 68.2 Å². The van der Waals surface area contributed by atoms with Crippen molar-refractivity contribution in [3.63, 3.8) is 0 Å². The van der Waals surface area contributed by atoms with Crippen LogP contribution >= 0.6 is 0 Å². The average Bonchev–Trinajstić information content (AvgIpc) is 3.14. The zero-order valence-electron chi connectivity index (χ0n) is 19.6. The van der Waals surface area contributed by atoms with Crippen molar-refractivity contribution in [1.82, 2.24) is 30.0 Å². The first-order chi connectivity index (χ1) is 16.7. The highest BCUT2D eigenvalue weighted by molar-refractivity contribution is 5.77. The number of urea groups is 1. The number of likely N-dealkylation sites (tertiary alicyclic amines) is 2. The summed E-state index contributed by atoms with van der Waals surface area (Å²) in [6, 6.07) is 1.04. The number of pyridine rings is 1. The topological polar surface area (TPSA) is 98.2 Å². The highest BCUT2D eigenvalue weighted by atomic mass is 19.1. The minimum Gasteiger partial charge on any atom is -0.382 e. The Hall–Kier alpha value is -2.62. The molecule has 5 fully saturated rings. The van der Waals surface area contributed by atoms with Crippen LogP contribution in [0, 0.1) is 28.4 Å². The van der Waals surface area contributed by atoms with Crippen molar-refractivity contribution < 1.29 is 18.7 Å². The fourth-order valence-corrected chi connectivity index (χ4v) is 7.10. The molecular weight excluding hydrogens is 454 g/mol. The third-order valence-corrected chi connectivity index (χ3v) is 9.20. The van der Waals surface area contributed by atoms with E-state index in [1.54, 1.807) is 0 Å². The molecule has 2 saturated heterocycles. The quantitative estimate of drug-likeness (QED) is 0.695. The molecule has 1 unspecified atom stereocenters. The number of rotatable bonds is 4. The Morgan fingerprint density at radius 2 is 1.80 bits per heavy atom. The van der Waals surface area contributed by atoms with Gasteiger partial charge in [-0.15, -0.1) is 0 Å². The van der Waals surface area contributed by atoms with Gasteiger partial charge >= 0.3 is 6.03 Å². The van der Waals surface area contributed by atoms with Gasteiger partial charge < -0.3 is 14.9 Å². The molecule has 2 aliphatic heterocycles. The lowest BCUT2D eigenvalue weighted by atomic mass is 9.57. The first-order valence-electron chi connectivity index (χ1n) is 12.7. The third kappa shape index (κ3) is 3.55. The fourth-order valence-electron chi connectivity index (χ4n) is 7.10. The van der Waals surface area contributed by atoms with Gasteiger partial charge in [0.2, 0.25) is 0 Å². The van der Waals surface area contributed by atoms with E-state index >= 15 is 0 Å². The molecule has 186 valence electrons. The molecule has 4 heterocycles. The number of hydrogen-bond acceptors (Lipinski definition) is 5. The molecule has 2 spiro atoms. The van der Waals surface area contributed by atoms with Crippen molar-refractivity contribution in [3.8, 4) is 0 Å². The first-order valence-corrected chi connectivity index (χ1v) is 12.7. The number of aliphatic hydroxyl groups is 1. The Balaban J connectivity index is 0.875. The Morgan fingerprint density at radius 1 is 1.09 bits per heavy atom. The highest BCUT2D eigenvalue weighted by Gasteiger charge is 2.58. The maximum absolute atomic E-state index is 14.0. The van der Waals surface area contributed by atoms with Crippen molar-refractivity contribution in [1.29, 1.82) is 0 Å². The smallest absolute Gasteiger partial charge is 0.320 e. The van der Waals surface area contributed by atoms with Gasteiger partial charge in [0.15, 0.2) is 5.82 Å². The second kappa shape index (κ2) is 7.21. The Labute approximate surface area is 202 Å². The zero-order chi connectivity index (χ0) is 24.0. The Bertz CT molecular complexity index is 1180. The number of halogens is 2. The average molecular weight is 485 g/mol. The van der Waals surface area contributed by atoms with E-state index < -0.39 is 17.2 Å². The van der Waals surface area contributed by atoms with Crippen LogP contribution in [0.5, 0.6) is 0 Å². The fraction of sp³-hybridized carbons (Fsp3) is 0.680. The molecule has 1 atom stereocenters. The van der Waals surface area contributed by atoms with E-state index in [1.165, 1.54) is 0 Å². The minimum atomic E-state index is -0.808. The predicted octanol–water partition coefficient (Wildman–Crippen LogP) is 3.10. The summed E-state index contributed by atoms with van der Waals surface area (Å²) < 4.78 is 27.1. The summed E-state index contributed by atoms with van der Waals surface area (Å²) in [7, 11) is 0. The van der Waals surface area contributed by atoms with Crippen LogP contribution in [0.2, 0.25) is 0 Å². The van der Waals surface area contributed by atoms with Gasteiger partial charge in [-0.05, 0) is 57.3 Å². The predicted molar refractivity (Wildman–Crippen MR) is 120 cm³/mol. The van der Waals surface area contributed by atoms with Gasteiger partial charge in [0.1, 0.15) is 23.1 Å². The molecule has 2 aromatic heterocycles. The maximum atomic E-state index is 14.0. The van der Waals surface area contributed by atoms with Crippen molar-refractivity contribution in [2.45, 2.75) is 62.9 Å². The summed E-state index contributed by atoms with van der Waals surface area (Å²) in [6.45, 7) is 3.15. The van der Waals surface area contributed by atoms with Crippen LogP contribution in [-0.2, 0) is 12.0 Å². The second-order valence-corrected chi connectivity index (χ2v) is 12.1. The zero-order valence-corrected chi connectivity index (χ0v) is 19.6. The van der Waals surface area contributed by atoms with Crippen LogP contribution in [0.25, 0.3) is 0 Å². The molecular formula is C25H30F2N6O2. The summed E-state index contributed by atoms with van der Waals surface area (Å²) in [5.74, 6) is 0.846. The summed E-state index contributed by atoms with van der Waals surface area (Å²) in [4.78, 5) is 25.4. The number of carbonyl (C=O) groups is 1. The second-order valence-electron chi connectivity index (χ2n) is 12.1. The molecule has 2 N–H and O–H groups in total. The molecule has 7 rings (SSSR count). The van der Waals surface area contributed by atoms with Crippen LogP contribution < -0.4 is 0 Å². The lowest BCUT2D eigenvalue weighted by Gasteiger charge is -2.60. The number of aromatic amines is 1. The summed E-state index contributed by atoms with van der Waals surface area (Å²) in [6.07, 6.45) is 8.10. The molecule has 0 bridgehead atoms. The van der Waals surface area contributed by atoms with E-state index in [0.717, 1.165) is 89.2 Å². The molecule has 3 saturated carbocycles. The maximum Gasteiger partial charge on any atom is 0.320 e. The lowest BCUT2D eigenvalue weighted by molar-refractivity contribution is -0.0707. The molecule has 2 amide bonds. The van der Waals surface area contributed by atoms with Gasteiger partial charge in [0.25, 0.3) is 0 Å². The Morgan fingerprint density at radius 3 is 2.49 bits per heavy atom. The number of nitrogens with zero attached hydrogens (tertiary/aromatic N) is 5. The van der Waals surface area contributed by atoms with Gasteiger partial charge in [-0.25, -0.2) is 18.6 Å². The number of hydrogen-bond donors (Lipinski definition) is 2. The highest BCUT2D eigenvalue weighted by Crippen LogP contribution is 2.57. The molecule has 10 heteroatoms. The van der Waals surface area contributed by atoms with E-state index in [9.17, 15) is 18.7 Å². The van der Waals surface area contributed by atoms with Crippen LogP contribution in [0.3, 0.4) is 0 Å². The summed E-state index contributed by atoms with van der Waals surface area (Å²) in [5, 5.41) is 17.4. The summed E-state index contributed by atoms with van der Waals surface area (Å²) in [5.41, 5.74) is -0.110. The van der Waals surface area contributed by atoms with E-state index in [2.05, 4.69) is 20.2 Å². The van der Waals surface area contributed by atoms with Gasteiger partial charge in [0, 0.05) is 49.0 Å². The minimum absolute atomic E-state index is 0.136. The number of H-pyrrole nitrogens is 1. The molecule has 0 radical (unpaired) electrons. The monoisotopic (exact) mass is 484 g/mol. The van der Waals surface area contributed by atoms with E-state index in [4.69, 9.17) is 0 Å². The van der Waals surface area contributed by atoms with Crippen molar-refractivity contribution in [3.05, 3.63) is 41.2 Å². The first kappa shape index (κ1) is 21.6. The van der Waals surface area contributed by atoms with Crippen molar-refractivity contribution >= 4 is 6.03 Å². The number of aromatic nitrogens is 4. The van der Waals surface area contributed by atoms with Crippen LogP contribution in [0.15, 0.2) is 12.3 Å². The van der Waals surface area contributed by atoms with Crippen molar-refractivity contribution in [2.75, 3.05) is 26.2 Å². The third-order valence-electron chi connectivity index (χ3n) is 9.20. The van der Waals surface area contributed by atoms with E-state index in [1.807, 2.05) is 9.80 Å². The molecule has 2 aromatic rings. The summed E-state index contributed by atoms with van der Waals surface area (Å²) >= 11 is 0. The number of carbonyl (C=O) groups excluding carboxylic acids is 1.